The Hall–Kier alpha value is -1.22. The molecule has 3 nitrogen and oxygen atoms in total. The molecule has 0 bridgehead atoms. The molecule has 1 N–H and O–H groups in total. The molecule has 21 heavy (non-hydrogen) atoms. The van der Waals surface area contributed by atoms with Crippen molar-refractivity contribution in [1.82, 2.24) is 10.3 Å². The van der Waals surface area contributed by atoms with Gasteiger partial charge in [-0.05, 0) is 12.1 Å². The van der Waals surface area contributed by atoms with Crippen molar-refractivity contribution in [3.05, 3.63) is 22.8 Å². The fourth-order valence-corrected chi connectivity index (χ4v) is 1.53. The summed E-state index contributed by atoms with van der Waals surface area (Å²) >= 11 is 5.75. The van der Waals surface area contributed by atoms with Gasteiger partial charge in [-0.3, -0.25) is 0 Å². The third-order valence-corrected chi connectivity index (χ3v) is 2.65. The van der Waals surface area contributed by atoms with Crippen LogP contribution in [0.15, 0.2) is 12.3 Å². The van der Waals surface area contributed by atoms with Gasteiger partial charge >= 0.3 is 12.4 Å². The molecule has 0 unspecified atom stereocenters. The van der Waals surface area contributed by atoms with Crippen molar-refractivity contribution in [3.63, 3.8) is 0 Å². The predicted octanol–water partition coefficient (Wildman–Crippen LogP) is 3.72. The first-order valence-electron chi connectivity index (χ1n) is 5.71. The molecule has 0 amide bonds. The lowest BCUT2D eigenvalue weighted by Gasteiger charge is -2.23. The number of rotatable bonds is 5. The number of alkyl halides is 6. The van der Waals surface area contributed by atoms with Crippen molar-refractivity contribution < 1.29 is 31.1 Å². The van der Waals surface area contributed by atoms with Crippen LogP contribution in [0.3, 0.4) is 0 Å². The smallest absolute Gasteiger partial charge is 0.434 e. The van der Waals surface area contributed by atoms with Crippen LogP contribution in [0.5, 0.6) is 5.88 Å². The molecule has 0 saturated heterocycles. The average Bonchev–Trinajstić information content (AvgIpc) is 2.33. The quantitative estimate of drug-likeness (QED) is 0.832. The number of hydrogen-bond donors (Lipinski definition) is 1. The Balaban J connectivity index is 3.00. The van der Waals surface area contributed by atoms with Crippen molar-refractivity contribution in [2.75, 3.05) is 6.54 Å². The molecule has 0 saturated carbocycles. The van der Waals surface area contributed by atoms with Crippen LogP contribution in [-0.4, -0.2) is 30.0 Å². The molecule has 0 aliphatic carbocycles. The van der Waals surface area contributed by atoms with Gasteiger partial charge in [-0.15, -0.1) is 0 Å². The van der Waals surface area contributed by atoms with E-state index < -0.39 is 24.3 Å². The van der Waals surface area contributed by atoms with Gasteiger partial charge in [0.15, 0.2) is 0 Å². The third-order valence-electron chi connectivity index (χ3n) is 2.31. The van der Waals surface area contributed by atoms with E-state index in [0.717, 1.165) is 12.3 Å². The average molecular weight is 337 g/mol. The van der Waals surface area contributed by atoms with Crippen molar-refractivity contribution in [1.29, 1.82) is 0 Å². The molecule has 0 fully saturated rings. The van der Waals surface area contributed by atoms with E-state index in [1.54, 1.807) is 6.92 Å². The molecule has 0 atom stereocenters. The minimum absolute atomic E-state index is 0.110. The van der Waals surface area contributed by atoms with Gasteiger partial charge in [0.05, 0.1) is 5.02 Å². The Kier molecular flexibility index (Phi) is 5.68. The topological polar surface area (TPSA) is 34.1 Å². The van der Waals surface area contributed by atoms with E-state index >= 15 is 0 Å². The Labute approximate surface area is 121 Å². The molecule has 1 rings (SSSR count). The predicted molar refractivity (Wildman–Crippen MR) is 63.2 cm³/mol. The molecule has 0 spiro atoms. The summed E-state index contributed by atoms with van der Waals surface area (Å²) in [4.78, 5) is 3.33. The standard InChI is InChI=1S/C11H11ClF6N2O/c1-2-19-4-6-3-8(20-5-7(6)12)21-9(10(13,14)15)11(16,17)18/h3,5,9,19H,2,4H2,1H3. The Morgan fingerprint density at radius 2 is 1.81 bits per heavy atom. The van der Waals surface area contributed by atoms with E-state index in [9.17, 15) is 26.3 Å². The van der Waals surface area contributed by atoms with Gasteiger partial charge in [-0.1, -0.05) is 18.5 Å². The summed E-state index contributed by atoms with van der Waals surface area (Å²) in [6, 6.07) is 0.940. The van der Waals surface area contributed by atoms with Crippen LogP contribution in [0, 0.1) is 0 Å². The normalized spacial score (nSPS) is 12.8. The fourth-order valence-electron chi connectivity index (χ4n) is 1.36. The summed E-state index contributed by atoms with van der Waals surface area (Å²) in [5.74, 6) is -0.799. The van der Waals surface area contributed by atoms with E-state index in [1.165, 1.54) is 0 Å². The van der Waals surface area contributed by atoms with E-state index in [1.807, 2.05) is 0 Å². The van der Waals surface area contributed by atoms with Crippen molar-refractivity contribution >= 4 is 11.6 Å². The van der Waals surface area contributed by atoms with Crippen LogP contribution in [0.4, 0.5) is 26.3 Å². The van der Waals surface area contributed by atoms with E-state index in [0.29, 0.717) is 6.54 Å². The first kappa shape index (κ1) is 17.8. The van der Waals surface area contributed by atoms with Gasteiger partial charge in [0.2, 0.25) is 5.88 Å². The molecule has 120 valence electrons. The monoisotopic (exact) mass is 336 g/mol. The molecule has 1 heterocycles. The van der Waals surface area contributed by atoms with Crippen molar-refractivity contribution in [3.8, 4) is 5.88 Å². The van der Waals surface area contributed by atoms with E-state index in [-0.39, 0.29) is 17.1 Å². The number of nitrogens with zero attached hydrogens (tertiary/aromatic N) is 1. The second-order valence-electron chi connectivity index (χ2n) is 3.98. The van der Waals surface area contributed by atoms with Crippen LogP contribution in [-0.2, 0) is 6.54 Å². The minimum Gasteiger partial charge on any atom is -0.455 e. The Morgan fingerprint density at radius 3 is 2.29 bits per heavy atom. The highest BCUT2D eigenvalue weighted by Crippen LogP contribution is 2.36. The number of ether oxygens (including phenoxy) is 1. The first-order chi connectivity index (χ1) is 9.55. The lowest BCUT2D eigenvalue weighted by atomic mass is 10.2. The van der Waals surface area contributed by atoms with Gasteiger partial charge < -0.3 is 10.1 Å². The molecular weight excluding hydrogens is 326 g/mol. The highest BCUT2D eigenvalue weighted by Gasteiger charge is 2.59. The van der Waals surface area contributed by atoms with Crippen LogP contribution in [0.1, 0.15) is 12.5 Å². The molecule has 1 aromatic rings. The molecule has 0 radical (unpaired) electrons. The highest BCUT2D eigenvalue weighted by atomic mass is 35.5. The number of nitrogens with one attached hydrogen (secondary N) is 1. The molecule has 0 aromatic carbocycles. The second-order valence-corrected chi connectivity index (χ2v) is 4.38. The summed E-state index contributed by atoms with van der Waals surface area (Å²) < 4.78 is 78.2. The Morgan fingerprint density at radius 1 is 1.24 bits per heavy atom. The van der Waals surface area contributed by atoms with Gasteiger partial charge in [-0.2, -0.15) is 26.3 Å². The second kappa shape index (κ2) is 6.69. The zero-order valence-corrected chi connectivity index (χ0v) is 11.4. The zero-order valence-electron chi connectivity index (χ0n) is 10.6. The van der Waals surface area contributed by atoms with Crippen LogP contribution < -0.4 is 10.1 Å². The molecule has 0 aliphatic rings. The number of hydrogen-bond acceptors (Lipinski definition) is 3. The molecular formula is C11H11ClF6N2O. The maximum atomic E-state index is 12.4. The lowest BCUT2D eigenvalue weighted by Crippen LogP contribution is -2.46. The summed E-state index contributed by atoms with van der Waals surface area (Å²) in [5.41, 5.74) is 0.284. The lowest BCUT2D eigenvalue weighted by molar-refractivity contribution is -0.300. The van der Waals surface area contributed by atoms with Crippen LogP contribution in [0.25, 0.3) is 0 Å². The van der Waals surface area contributed by atoms with Gasteiger partial charge in [0, 0.05) is 18.8 Å². The van der Waals surface area contributed by atoms with Crippen molar-refractivity contribution in [2.24, 2.45) is 0 Å². The number of aromatic nitrogens is 1. The van der Waals surface area contributed by atoms with Crippen molar-refractivity contribution in [2.45, 2.75) is 31.9 Å². The van der Waals surface area contributed by atoms with Crippen LogP contribution >= 0.6 is 11.6 Å². The first-order valence-corrected chi connectivity index (χ1v) is 6.08. The van der Waals surface area contributed by atoms with E-state index in [2.05, 4.69) is 15.0 Å². The third kappa shape index (κ3) is 5.24. The highest BCUT2D eigenvalue weighted by molar-refractivity contribution is 6.31. The maximum absolute atomic E-state index is 12.4. The van der Waals surface area contributed by atoms with Gasteiger partial charge in [-0.25, -0.2) is 4.98 Å². The summed E-state index contributed by atoms with van der Waals surface area (Å²) in [7, 11) is 0. The summed E-state index contributed by atoms with van der Waals surface area (Å²) in [6.07, 6.45) is -14.2. The summed E-state index contributed by atoms with van der Waals surface area (Å²) in [6.45, 7) is 2.48. The minimum atomic E-state index is -5.60. The van der Waals surface area contributed by atoms with Crippen LogP contribution in [0.2, 0.25) is 5.02 Å². The molecule has 1 aromatic heterocycles. The van der Waals surface area contributed by atoms with E-state index in [4.69, 9.17) is 11.6 Å². The SMILES string of the molecule is CCNCc1cc(OC(C(F)(F)F)C(F)(F)F)ncc1Cl. The largest absolute Gasteiger partial charge is 0.455 e. The maximum Gasteiger partial charge on any atom is 0.434 e. The molecule has 0 aliphatic heterocycles. The zero-order chi connectivity index (χ0) is 16.3. The van der Waals surface area contributed by atoms with Gasteiger partial charge in [0.25, 0.3) is 6.10 Å². The van der Waals surface area contributed by atoms with Gasteiger partial charge in [0.1, 0.15) is 0 Å². The molecule has 10 heteroatoms. The number of halogens is 7. The fraction of sp³-hybridized carbons (Fsp3) is 0.545. The number of pyridine rings is 1. The Bertz CT molecular complexity index is 463. The summed E-state index contributed by atoms with van der Waals surface area (Å²) in [5, 5.41) is 2.94.